The van der Waals surface area contributed by atoms with Crippen molar-refractivity contribution in [3.63, 3.8) is 0 Å². The molecule has 1 unspecified atom stereocenters. The minimum Gasteiger partial charge on any atom is -0.497 e. The van der Waals surface area contributed by atoms with E-state index in [1.807, 2.05) is 24.3 Å². The third-order valence-electron chi connectivity index (χ3n) is 3.24. The average Bonchev–Trinajstić information content (AvgIpc) is 2.89. The SMILES string of the molecule is COc1ccc2nc(NC(C)c3ccccc3)sc2c1. The molecule has 0 fully saturated rings. The lowest BCUT2D eigenvalue weighted by atomic mass is 10.1. The predicted octanol–water partition coefficient (Wildman–Crippen LogP) is 4.48. The number of aromatic nitrogens is 1. The maximum Gasteiger partial charge on any atom is 0.184 e. The van der Waals surface area contributed by atoms with Gasteiger partial charge in [-0.3, -0.25) is 0 Å². The van der Waals surface area contributed by atoms with Gasteiger partial charge in [-0.25, -0.2) is 4.98 Å². The van der Waals surface area contributed by atoms with Crippen LogP contribution in [-0.2, 0) is 0 Å². The van der Waals surface area contributed by atoms with Crippen LogP contribution in [0, 0.1) is 0 Å². The minimum atomic E-state index is 0.235. The van der Waals surface area contributed by atoms with Crippen LogP contribution in [0.1, 0.15) is 18.5 Å². The maximum absolute atomic E-state index is 5.24. The van der Waals surface area contributed by atoms with Crippen molar-refractivity contribution in [3.05, 3.63) is 54.1 Å². The Kier molecular flexibility index (Phi) is 3.56. The highest BCUT2D eigenvalue weighted by Crippen LogP contribution is 2.31. The lowest BCUT2D eigenvalue weighted by Crippen LogP contribution is -2.05. The van der Waals surface area contributed by atoms with E-state index in [4.69, 9.17) is 4.74 Å². The van der Waals surface area contributed by atoms with Crippen molar-refractivity contribution >= 4 is 26.7 Å². The molecule has 1 N–H and O–H groups in total. The van der Waals surface area contributed by atoms with Crippen molar-refractivity contribution in [1.29, 1.82) is 0 Å². The fourth-order valence-electron chi connectivity index (χ4n) is 2.10. The van der Waals surface area contributed by atoms with E-state index in [2.05, 4.69) is 41.5 Å². The van der Waals surface area contributed by atoms with Gasteiger partial charge in [-0.2, -0.15) is 0 Å². The Balaban J connectivity index is 1.84. The molecule has 102 valence electrons. The quantitative estimate of drug-likeness (QED) is 0.767. The molecule has 0 amide bonds. The second-order valence-electron chi connectivity index (χ2n) is 4.63. The number of anilines is 1. The summed E-state index contributed by atoms with van der Waals surface area (Å²) in [5.74, 6) is 0.865. The second kappa shape index (κ2) is 5.51. The monoisotopic (exact) mass is 284 g/mol. The van der Waals surface area contributed by atoms with E-state index in [0.717, 1.165) is 21.1 Å². The molecular formula is C16H16N2OS. The van der Waals surface area contributed by atoms with Crippen LogP contribution >= 0.6 is 11.3 Å². The van der Waals surface area contributed by atoms with E-state index < -0.39 is 0 Å². The summed E-state index contributed by atoms with van der Waals surface area (Å²) in [5, 5.41) is 4.39. The highest BCUT2D eigenvalue weighted by Gasteiger charge is 2.09. The lowest BCUT2D eigenvalue weighted by Gasteiger charge is -2.12. The molecule has 20 heavy (non-hydrogen) atoms. The first-order valence-corrected chi connectivity index (χ1v) is 7.34. The molecule has 4 heteroatoms. The molecule has 0 saturated heterocycles. The number of fused-ring (bicyclic) bond motifs is 1. The van der Waals surface area contributed by atoms with Crippen molar-refractivity contribution in [2.24, 2.45) is 0 Å². The topological polar surface area (TPSA) is 34.1 Å². The van der Waals surface area contributed by atoms with Crippen LogP contribution in [-0.4, -0.2) is 12.1 Å². The van der Waals surface area contributed by atoms with E-state index >= 15 is 0 Å². The number of nitrogens with one attached hydrogen (secondary N) is 1. The van der Waals surface area contributed by atoms with Gasteiger partial charge >= 0.3 is 0 Å². The molecule has 2 aromatic carbocycles. The number of ether oxygens (including phenoxy) is 1. The van der Waals surface area contributed by atoms with Crippen molar-refractivity contribution < 1.29 is 4.74 Å². The zero-order chi connectivity index (χ0) is 13.9. The normalized spacial score (nSPS) is 12.3. The zero-order valence-electron chi connectivity index (χ0n) is 11.5. The molecule has 0 spiro atoms. The van der Waals surface area contributed by atoms with E-state index in [1.165, 1.54) is 5.56 Å². The van der Waals surface area contributed by atoms with Crippen LogP contribution in [0.4, 0.5) is 5.13 Å². The van der Waals surface area contributed by atoms with E-state index in [1.54, 1.807) is 18.4 Å². The summed E-state index contributed by atoms with van der Waals surface area (Å²) in [6.45, 7) is 2.14. The second-order valence-corrected chi connectivity index (χ2v) is 5.66. The molecule has 1 atom stereocenters. The van der Waals surface area contributed by atoms with E-state index in [9.17, 15) is 0 Å². The molecule has 3 nitrogen and oxygen atoms in total. The maximum atomic E-state index is 5.24. The molecule has 0 aliphatic heterocycles. The van der Waals surface area contributed by atoms with Crippen LogP contribution in [0.15, 0.2) is 48.5 Å². The van der Waals surface area contributed by atoms with Crippen molar-refractivity contribution in [2.45, 2.75) is 13.0 Å². The van der Waals surface area contributed by atoms with Crippen LogP contribution < -0.4 is 10.1 Å². The van der Waals surface area contributed by atoms with Crippen molar-refractivity contribution in [1.82, 2.24) is 4.98 Å². The van der Waals surface area contributed by atoms with Gasteiger partial charge < -0.3 is 10.1 Å². The van der Waals surface area contributed by atoms with Crippen LogP contribution in [0.25, 0.3) is 10.2 Å². The first kappa shape index (κ1) is 12.9. The summed E-state index contributed by atoms with van der Waals surface area (Å²) in [6.07, 6.45) is 0. The van der Waals surface area contributed by atoms with Gasteiger partial charge in [-0.15, -0.1) is 0 Å². The Morgan fingerprint density at radius 3 is 2.70 bits per heavy atom. The third kappa shape index (κ3) is 2.60. The van der Waals surface area contributed by atoms with Gasteiger partial charge in [0.1, 0.15) is 5.75 Å². The smallest absolute Gasteiger partial charge is 0.184 e. The van der Waals surface area contributed by atoms with Gasteiger partial charge in [-0.05, 0) is 30.7 Å². The first-order chi connectivity index (χ1) is 9.76. The summed E-state index contributed by atoms with van der Waals surface area (Å²) in [5.41, 5.74) is 2.25. The van der Waals surface area contributed by atoms with Crippen LogP contribution in [0.3, 0.4) is 0 Å². The molecule has 0 bridgehead atoms. The molecule has 0 saturated carbocycles. The Hall–Kier alpha value is -2.07. The minimum absolute atomic E-state index is 0.235. The number of thiazole rings is 1. The molecule has 0 aliphatic rings. The molecule has 0 aliphatic carbocycles. The first-order valence-electron chi connectivity index (χ1n) is 6.52. The molecule has 0 radical (unpaired) electrons. The fraction of sp³-hybridized carbons (Fsp3) is 0.188. The Bertz CT molecular complexity index is 709. The highest BCUT2D eigenvalue weighted by molar-refractivity contribution is 7.22. The summed E-state index contributed by atoms with van der Waals surface area (Å²) in [7, 11) is 1.68. The Morgan fingerprint density at radius 2 is 1.95 bits per heavy atom. The van der Waals surface area contributed by atoms with Crippen molar-refractivity contribution in [2.75, 3.05) is 12.4 Å². The standard InChI is InChI=1S/C16H16N2OS/c1-11(12-6-4-3-5-7-12)17-16-18-14-9-8-13(19-2)10-15(14)20-16/h3-11H,1-2H3,(H,17,18). The van der Waals surface area contributed by atoms with Crippen LogP contribution in [0.5, 0.6) is 5.75 Å². The van der Waals surface area contributed by atoms with Gasteiger partial charge in [0, 0.05) is 0 Å². The number of hydrogen-bond acceptors (Lipinski definition) is 4. The number of benzene rings is 2. The van der Waals surface area contributed by atoms with Crippen LogP contribution in [0.2, 0.25) is 0 Å². The van der Waals surface area contributed by atoms with Gasteiger partial charge in [0.25, 0.3) is 0 Å². The zero-order valence-corrected chi connectivity index (χ0v) is 12.3. The molecule has 1 aromatic heterocycles. The van der Waals surface area contributed by atoms with Gasteiger partial charge in [0.2, 0.25) is 0 Å². The van der Waals surface area contributed by atoms with E-state index in [0.29, 0.717) is 0 Å². The van der Waals surface area contributed by atoms with Gasteiger partial charge in [0.05, 0.1) is 23.4 Å². The average molecular weight is 284 g/mol. The molecular weight excluding hydrogens is 268 g/mol. The fourth-order valence-corrected chi connectivity index (χ4v) is 3.09. The van der Waals surface area contributed by atoms with Crippen molar-refractivity contribution in [3.8, 4) is 5.75 Å². The third-order valence-corrected chi connectivity index (χ3v) is 4.18. The lowest BCUT2D eigenvalue weighted by molar-refractivity contribution is 0.415. The number of methoxy groups -OCH3 is 1. The van der Waals surface area contributed by atoms with E-state index in [-0.39, 0.29) is 6.04 Å². The summed E-state index contributed by atoms with van der Waals surface area (Å²) in [4.78, 5) is 4.61. The van der Waals surface area contributed by atoms with Gasteiger partial charge in [0.15, 0.2) is 5.13 Å². The highest BCUT2D eigenvalue weighted by atomic mass is 32.1. The molecule has 3 rings (SSSR count). The Morgan fingerprint density at radius 1 is 1.15 bits per heavy atom. The summed E-state index contributed by atoms with van der Waals surface area (Å²) >= 11 is 1.65. The largest absolute Gasteiger partial charge is 0.497 e. The Labute approximate surface area is 122 Å². The summed E-state index contributed by atoms with van der Waals surface area (Å²) in [6, 6.07) is 16.6. The number of nitrogens with zero attached hydrogens (tertiary/aromatic N) is 1. The summed E-state index contributed by atoms with van der Waals surface area (Å²) < 4.78 is 6.37. The van der Waals surface area contributed by atoms with Gasteiger partial charge in [-0.1, -0.05) is 41.7 Å². The molecule has 1 heterocycles. The predicted molar refractivity (Wildman–Crippen MR) is 84.7 cm³/mol. The number of hydrogen-bond donors (Lipinski definition) is 1. The molecule has 3 aromatic rings. The number of rotatable bonds is 4.